The van der Waals surface area contributed by atoms with Crippen LogP contribution in [0.5, 0.6) is 0 Å². The number of hydrogen-bond donors (Lipinski definition) is 0. The zero-order valence-electron chi connectivity index (χ0n) is 26.5. The fourth-order valence-corrected chi connectivity index (χ4v) is 7.43. The summed E-state index contributed by atoms with van der Waals surface area (Å²) < 4.78 is 12.9. The fourth-order valence-electron chi connectivity index (χ4n) is 7.43. The maximum Gasteiger partial charge on any atom is 0.137 e. The summed E-state index contributed by atoms with van der Waals surface area (Å²) in [7, 11) is 0. The summed E-state index contributed by atoms with van der Waals surface area (Å²) >= 11 is 0. The molecule has 230 valence electrons. The summed E-state index contributed by atoms with van der Waals surface area (Å²) in [5.74, 6) is 0. The minimum Gasteiger partial charge on any atom is -0.456 e. The monoisotopic (exact) mass is 627 g/mol. The average Bonchev–Trinajstić information content (AvgIpc) is 3.74. The highest BCUT2D eigenvalue weighted by Crippen LogP contribution is 2.48. The predicted octanol–water partition coefficient (Wildman–Crippen LogP) is 13.4. The first-order valence-corrected chi connectivity index (χ1v) is 16.6. The molecule has 0 amide bonds. The van der Waals surface area contributed by atoms with Crippen molar-refractivity contribution in [1.82, 2.24) is 0 Å². The van der Waals surface area contributed by atoms with Gasteiger partial charge in [0.05, 0.1) is 16.8 Å². The lowest BCUT2D eigenvalue weighted by molar-refractivity contribution is 0.669. The molecule has 0 bridgehead atoms. The molecule has 0 aliphatic heterocycles. The molecule has 0 N–H and O–H groups in total. The molecule has 0 saturated carbocycles. The number of anilines is 3. The Kier molecular flexibility index (Phi) is 6.18. The molecular weight excluding hydrogens is 599 g/mol. The lowest BCUT2D eigenvalue weighted by atomic mass is 9.94. The summed E-state index contributed by atoms with van der Waals surface area (Å²) in [6, 6.07) is 62.1. The Bertz CT molecular complexity index is 2840. The lowest BCUT2D eigenvalue weighted by Gasteiger charge is -2.29. The molecule has 0 fully saturated rings. The van der Waals surface area contributed by atoms with E-state index in [0.717, 1.165) is 77.6 Å². The summed E-state index contributed by atoms with van der Waals surface area (Å²) in [5.41, 5.74) is 11.1. The Hall–Kier alpha value is -6.58. The first kappa shape index (κ1) is 27.5. The van der Waals surface area contributed by atoms with Gasteiger partial charge in [-0.3, -0.25) is 0 Å². The van der Waals surface area contributed by atoms with Crippen molar-refractivity contribution >= 4 is 71.7 Å². The van der Waals surface area contributed by atoms with E-state index >= 15 is 0 Å². The van der Waals surface area contributed by atoms with Crippen LogP contribution in [0.25, 0.3) is 76.9 Å². The smallest absolute Gasteiger partial charge is 0.137 e. The van der Waals surface area contributed by atoms with Crippen LogP contribution in [0.2, 0.25) is 0 Å². The standard InChI is InChI=1S/C46H29NO2/c1-2-12-31(13-3-1)36-26-24-32(35-19-10-15-30-14-4-5-16-34(30)35)28-41(36)47(33-25-27-38-37-17-6-8-21-42(37)49-45(38)29-33)40-20-11-23-44-46(40)39-18-7-9-22-43(39)48-44/h1-29H. The molecule has 0 spiro atoms. The molecule has 10 rings (SSSR count). The first-order valence-electron chi connectivity index (χ1n) is 16.6. The van der Waals surface area contributed by atoms with E-state index in [1.165, 1.54) is 16.3 Å². The molecule has 8 aromatic carbocycles. The number of nitrogens with zero attached hydrogens (tertiary/aromatic N) is 1. The number of benzene rings is 8. The van der Waals surface area contributed by atoms with Gasteiger partial charge in [-0.25, -0.2) is 0 Å². The first-order chi connectivity index (χ1) is 24.3. The van der Waals surface area contributed by atoms with E-state index in [-0.39, 0.29) is 0 Å². The van der Waals surface area contributed by atoms with Gasteiger partial charge in [0.25, 0.3) is 0 Å². The summed E-state index contributed by atoms with van der Waals surface area (Å²) in [6.45, 7) is 0. The zero-order chi connectivity index (χ0) is 32.3. The van der Waals surface area contributed by atoms with Crippen molar-refractivity contribution in [3.63, 3.8) is 0 Å². The van der Waals surface area contributed by atoms with Crippen LogP contribution < -0.4 is 4.90 Å². The average molecular weight is 628 g/mol. The van der Waals surface area contributed by atoms with Crippen molar-refractivity contribution in [3.05, 3.63) is 176 Å². The topological polar surface area (TPSA) is 29.5 Å². The van der Waals surface area contributed by atoms with Crippen molar-refractivity contribution in [1.29, 1.82) is 0 Å². The Morgan fingerprint density at radius 1 is 0.347 bits per heavy atom. The van der Waals surface area contributed by atoms with Crippen LogP contribution in [0.3, 0.4) is 0 Å². The predicted molar refractivity (Wildman–Crippen MR) is 204 cm³/mol. The molecule has 0 radical (unpaired) electrons. The van der Waals surface area contributed by atoms with Crippen molar-refractivity contribution in [2.24, 2.45) is 0 Å². The largest absolute Gasteiger partial charge is 0.456 e. The fraction of sp³-hybridized carbons (Fsp3) is 0. The second-order valence-electron chi connectivity index (χ2n) is 12.5. The van der Waals surface area contributed by atoms with Crippen LogP contribution in [0.15, 0.2) is 185 Å². The van der Waals surface area contributed by atoms with Gasteiger partial charge in [-0.05, 0) is 69.9 Å². The summed E-state index contributed by atoms with van der Waals surface area (Å²) in [4.78, 5) is 2.38. The van der Waals surface area contributed by atoms with Crippen molar-refractivity contribution in [2.75, 3.05) is 4.90 Å². The molecule has 2 heterocycles. The van der Waals surface area contributed by atoms with Gasteiger partial charge in [0.15, 0.2) is 0 Å². The Balaban J connectivity index is 1.31. The molecule has 10 aromatic rings. The maximum absolute atomic E-state index is 6.47. The number of rotatable bonds is 5. The molecule has 0 atom stereocenters. The van der Waals surface area contributed by atoms with Crippen LogP contribution in [-0.2, 0) is 0 Å². The van der Waals surface area contributed by atoms with E-state index in [9.17, 15) is 0 Å². The Morgan fingerprint density at radius 3 is 1.88 bits per heavy atom. The van der Waals surface area contributed by atoms with Gasteiger partial charge in [0.2, 0.25) is 0 Å². The zero-order valence-corrected chi connectivity index (χ0v) is 26.5. The quantitative estimate of drug-likeness (QED) is 0.190. The third kappa shape index (κ3) is 4.44. The SMILES string of the molecule is c1ccc(-c2ccc(-c3cccc4ccccc34)cc2N(c2ccc3c(c2)oc2ccccc23)c2cccc3oc4ccccc4c23)cc1. The van der Waals surface area contributed by atoms with Gasteiger partial charge in [0.1, 0.15) is 22.3 Å². The third-order valence-corrected chi connectivity index (χ3v) is 9.67. The molecule has 0 aliphatic rings. The van der Waals surface area contributed by atoms with Crippen molar-refractivity contribution < 1.29 is 8.83 Å². The van der Waals surface area contributed by atoms with E-state index < -0.39 is 0 Å². The molecule has 0 unspecified atom stereocenters. The maximum atomic E-state index is 6.47. The molecule has 3 nitrogen and oxygen atoms in total. The Morgan fingerprint density at radius 2 is 1.00 bits per heavy atom. The second-order valence-corrected chi connectivity index (χ2v) is 12.5. The second kappa shape index (κ2) is 11.0. The van der Waals surface area contributed by atoms with Crippen LogP contribution in [0.1, 0.15) is 0 Å². The normalized spacial score (nSPS) is 11.7. The van der Waals surface area contributed by atoms with E-state index in [4.69, 9.17) is 8.83 Å². The van der Waals surface area contributed by atoms with Crippen molar-refractivity contribution in [3.8, 4) is 22.3 Å². The number of hydrogen-bond acceptors (Lipinski definition) is 3. The van der Waals surface area contributed by atoms with E-state index in [1.807, 2.05) is 24.3 Å². The van der Waals surface area contributed by atoms with Crippen LogP contribution >= 0.6 is 0 Å². The van der Waals surface area contributed by atoms with Gasteiger partial charge < -0.3 is 13.7 Å². The highest BCUT2D eigenvalue weighted by molar-refractivity contribution is 6.15. The van der Waals surface area contributed by atoms with Crippen LogP contribution in [0, 0.1) is 0 Å². The van der Waals surface area contributed by atoms with Gasteiger partial charge in [0, 0.05) is 33.5 Å². The van der Waals surface area contributed by atoms with Crippen LogP contribution in [0.4, 0.5) is 17.1 Å². The van der Waals surface area contributed by atoms with E-state index in [0.29, 0.717) is 0 Å². The van der Waals surface area contributed by atoms with Gasteiger partial charge in [-0.1, -0.05) is 127 Å². The third-order valence-electron chi connectivity index (χ3n) is 9.67. The van der Waals surface area contributed by atoms with Gasteiger partial charge in [-0.2, -0.15) is 0 Å². The summed E-state index contributed by atoms with van der Waals surface area (Å²) in [5, 5.41) is 6.80. The molecule has 0 saturated heterocycles. The highest BCUT2D eigenvalue weighted by atomic mass is 16.3. The minimum atomic E-state index is 0.847. The molecule has 0 aliphatic carbocycles. The molecular formula is C46H29NO2. The summed E-state index contributed by atoms with van der Waals surface area (Å²) in [6.07, 6.45) is 0. The van der Waals surface area contributed by atoms with Gasteiger partial charge in [-0.15, -0.1) is 0 Å². The molecule has 2 aromatic heterocycles. The van der Waals surface area contributed by atoms with Crippen LogP contribution in [-0.4, -0.2) is 0 Å². The minimum absolute atomic E-state index is 0.847. The number of fused-ring (bicyclic) bond motifs is 7. The van der Waals surface area contributed by atoms with Crippen molar-refractivity contribution in [2.45, 2.75) is 0 Å². The van der Waals surface area contributed by atoms with E-state index in [2.05, 4.69) is 157 Å². The lowest BCUT2D eigenvalue weighted by Crippen LogP contribution is -2.12. The van der Waals surface area contributed by atoms with Gasteiger partial charge >= 0.3 is 0 Å². The Labute approximate surface area is 282 Å². The molecule has 49 heavy (non-hydrogen) atoms. The molecule has 3 heteroatoms. The number of furan rings is 2. The van der Waals surface area contributed by atoms with E-state index in [1.54, 1.807) is 0 Å². The number of para-hydroxylation sites is 2. The highest BCUT2D eigenvalue weighted by Gasteiger charge is 2.24.